The third-order valence-electron chi connectivity index (χ3n) is 3.67. The summed E-state index contributed by atoms with van der Waals surface area (Å²) in [4.78, 5) is 22.9. The van der Waals surface area contributed by atoms with Gasteiger partial charge >= 0.3 is 0 Å². The van der Waals surface area contributed by atoms with E-state index in [0.29, 0.717) is 17.1 Å². The SMILES string of the molecule is Cc1cccc(NC(=O)c2nnn(-c3cccc([N+](=O)[O-])c3)c2C)c1. The van der Waals surface area contributed by atoms with Gasteiger partial charge in [0.15, 0.2) is 5.69 Å². The van der Waals surface area contributed by atoms with Crippen molar-refractivity contribution in [2.45, 2.75) is 13.8 Å². The molecule has 0 bridgehead atoms. The number of carbonyl (C=O) groups is 1. The lowest BCUT2D eigenvalue weighted by Gasteiger charge is -2.05. The Morgan fingerprint density at radius 1 is 1.16 bits per heavy atom. The second kappa shape index (κ2) is 6.52. The number of anilines is 1. The molecule has 0 atom stereocenters. The number of amides is 1. The molecule has 0 aliphatic heterocycles. The summed E-state index contributed by atoms with van der Waals surface area (Å²) in [6.07, 6.45) is 0. The number of benzene rings is 2. The topological polar surface area (TPSA) is 103 Å². The minimum atomic E-state index is -0.485. The highest BCUT2D eigenvalue weighted by molar-refractivity contribution is 6.03. The van der Waals surface area contributed by atoms with Crippen molar-refractivity contribution in [3.05, 3.63) is 75.6 Å². The van der Waals surface area contributed by atoms with E-state index in [1.165, 1.54) is 16.8 Å². The summed E-state index contributed by atoms with van der Waals surface area (Å²) in [6, 6.07) is 13.4. The molecule has 1 N–H and O–H groups in total. The summed E-state index contributed by atoms with van der Waals surface area (Å²) in [6.45, 7) is 3.61. The predicted octanol–water partition coefficient (Wildman–Crippen LogP) is 3.04. The van der Waals surface area contributed by atoms with Crippen molar-refractivity contribution >= 4 is 17.3 Å². The molecule has 25 heavy (non-hydrogen) atoms. The molecule has 0 aliphatic carbocycles. The van der Waals surface area contributed by atoms with Crippen molar-refractivity contribution < 1.29 is 9.72 Å². The van der Waals surface area contributed by atoms with Crippen LogP contribution in [-0.2, 0) is 0 Å². The Morgan fingerprint density at radius 3 is 2.64 bits per heavy atom. The Bertz CT molecular complexity index is 964. The number of hydrogen-bond donors (Lipinski definition) is 1. The van der Waals surface area contributed by atoms with Gasteiger partial charge in [-0.2, -0.15) is 0 Å². The summed E-state index contributed by atoms with van der Waals surface area (Å²) >= 11 is 0. The molecule has 1 aromatic heterocycles. The molecule has 0 saturated carbocycles. The quantitative estimate of drug-likeness (QED) is 0.582. The fraction of sp³-hybridized carbons (Fsp3) is 0.118. The molecule has 126 valence electrons. The molecule has 0 saturated heterocycles. The van der Waals surface area contributed by atoms with E-state index in [1.807, 2.05) is 25.1 Å². The lowest BCUT2D eigenvalue weighted by atomic mass is 10.2. The number of aryl methyl sites for hydroxylation is 1. The normalized spacial score (nSPS) is 10.5. The molecular formula is C17H15N5O3. The Kier molecular flexibility index (Phi) is 4.25. The van der Waals surface area contributed by atoms with Gasteiger partial charge in [0.25, 0.3) is 11.6 Å². The number of aromatic nitrogens is 3. The van der Waals surface area contributed by atoms with Gasteiger partial charge in [0, 0.05) is 17.8 Å². The number of rotatable bonds is 4. The highest BCUT2D eigenvalue weighted by Crippen LogP contribution is 2.19. The monoisotopic (exact) mass is 337 g/mol. The first-order chi connectivity index (χ1) is 12.0. The standard InChI is InChI=1S/C17H15N5O3/c1-11-5-3-6-13(9-11)18-17(23)16-12(2)21(20-19-16)14-7-4-8-15(10-14)22(24)25/h3-10H,1-2H3,(H,18,23). The maximum absolute atomic E-state index is 12.4. The van der Waals surface area contributed by atoms with Gasteiger partial charge in [0.1, 0.15) is 0 Å². The number of carbonyl (C=O) groups excluding carboxylic acids is 1. The van der Waals surface area contributed by atoms with Crippen molar-refractivity contribution in [3.63, 3.8) is 0 Å². The molecule has 0 unspecified atom stereocenters. The van der Waals surface area contributed by atoms with Crippen molar-refractivity contribution in [2.75, 3.05) is 5.32 Å². The molecule has 8 heteroatoms. The van der Waals surface area contributed by atoms with Gasteiger partial charge < -0.3 is 5.32 Å². The molecule has 0 radical (unpaired) electrons. The minimum absolute atomic E-state index is 0.0573. The van der Waals surface area contributed by atoms with E-state index < -0.39 is 4.92 Å². The van der Waals surface area contributed by atoms with Crippen molar-refractivity contribution in [3.8, 4) is 5.69 Å². The zero-order valence-electron chi connectivity index (χ0n) is 13.6. The number of nitrogens with one attached hydrogen (secondary N) is 1. The largest absolute Gasteiger partial charge is 0.321 e. The third kappa shape index (κ3) is 3.37. The summed E-state index contributed by atoms with van der Waals surface area (Å²) in [7, 11) is 0. The van der Waals surface area contributed by atoms with E-state index in [0.717, 1.165) is 5.56 Å². The van der Waals surface area contributed by atoms with E-state index in [1.54, 1.807) is 25.1 Å². The molecule has 0 spiro atoms. The number of nitro groups is 1. The minimum Gasteiger partial charge on any atom is -0.321 e. The van der Waals surface area contributed by atoms with Crippen molar-refractivity contribution in [1.29, 1.82) is 0 Å². The maximum Gasteiger partial charge on any atom is 0.278 e. The van der Waals surface area contributed by atoms with Gasteiger partial charge in [0.05, 0.1) is 16.3 Å². The van der Waals surface area contributed by atoms with Crippen LogP contribution in [0.4, 0.5) is 11.4 Å². The van der Waals surface area contributed by atoms with E-state index in [-0.39, 0.29) is 17.3 Å². The zero-order chi connectivity index (χ0) is 18.0. The predicted molar refractivity (Wildman–Crippen MR) is 91.9 cm³/mol. The Morgan fingerprint density at radius 2 is 1.92 bits per heavy atom. The molecule has 1 amide bonds. The van der Waals surface area contributed by atoms with E-state index >= 15 is 0 Å². The molecule has 1 heterocycles. The molecule has 0 fully saturated rings. The molecular weight excluding hydrogens is 322 g/mol. The van der Waals surface area contributed by atoms with Crippen LogP contribution in [0.5, 0.6) is 0 Å². The molecule has 0 aliphatic rings. The summed E-state index contributed by atoms with van der Waals surface area (Å²) < 4.78 is 1.40. The average molecular weight is 337 g/mol. The zero-order valence-corrected chi connectivity index (χ0v) is 13.6. The van der Waals surface area contributed by atoms with Crippen LogP contribution >= 0.6 is 0 Å². The van der Waals surface area contributed by atoms with Gasteiger partial charge in [-0.1, -0.05) is 23.4 Å². The number of hydrogen-bond acceptors (Lipinski definition) is 5. The van der Waals surface area contributed by atoms with E-state index in [4.69, 9.17) is 0 Å². The lowest BCUT2D eigenvalue weighted by molar-refractivity contribution is -0.384. The lowest BCUT2D eigenvalue weighted by Crippen LogP contribution is -2.14. The molecule has 2 aromatic carbocycles. The van der Waals surface area contributed by atoms with Gasteiger partial charge in [0.2, 0.25) is 0 Å². The second-order valence-electron chi connectivity index (χ2n) is 5.54. The Balaban J connectivity index is 1.89. The number of nitrogens with zero attached hydrogens (tertiary/aromatic N) is 4. The van der Waals surface area contributed by atoms with E-state index in [2.05, 4.69) is 15.6 Å². The third-order valence-corrected chi connectivity index (χ3v) is 3.67. The van der Waals surface area contributed by atoms with Gasteiger partial charge in [-0.3, -0.25) is 14.9 Å². The van der Waals surface area contributed by atoms with Gasteiger partial charge in [-0.15, -0.1) is 5.10 Å². The molecule has 3 aromatic rings. The molecule has 3 rings (SSSR count). The first-order valence-corrected chi connectivity index (χ1v) is 7.51. The maximum atomic E-state index is 12.4. The first kappa shape index (κ1) is 16.3. The van der Waals surface area contributed by atoms with Crippen molar-refractivity contribution in [1.82, 2.24) is 15.0 Å². The van der Waals surface area contributed by atoms with Crippen LogP contribution < -0.4 is 5.32 Å². The highest BCUT2D eigenvalue weighted by Gasteiger charge is 2.18. The highest BCUT2D eigenvalue weighted by atomic mass is 16.6. The second-order valence-corrected chi connectivity index (χ2v) is 5.54. The van der Waals surface area contributed by atoms with Gasteiger partial charge in [-0.25, -0.2) is 4.68 Å². The van der Waals surface area contributed by atoms with Crippen LogP contribution in [0.25, 0.3) is 5.69 Å². The first-order valence-electron chi connectivity index (χ1n) is 7.51. The Labute approximate surface area is 143 Å². The van der Waals surface area contributed by atoms with Crippen LogP contribution in [0.15, 0.2) is 48.5 Å². The molecule has 8 nitrogen and oxygen atoms in total. The van der Waals surface area contributed by atoms with Crippen LogP contribution in [-0.4, -0.2) is 25.8 Å². The smallest absolute Gasteiger partial charge is 0.278 e. The average Bonchev–Trinajstić information content (AvgIpc) is 2.96. The summed E-state index contributed by atoms with van der Waals surface area (Å²) in [5.41, 5.74) is 2.75. The van der Waals surface area contributed by atoms with Gasteiger partial charge in [-0.05, 0) is 37.6 Å². The Hall–Kier alpha value is -3.55. The number of non-ortho nitro benzene ring substituents is 1. The fourth-order valence-corrected chi connectivity index (χ4v) is 2.44. The van der Waals surface area contributed by atoms with Crippen molar-refractivity contribution in [2.24, 2.45) is 0 Å². The summed E-state index contributed by atoms with van der Waals surface area (Å²) in [5, 5.41) is 21.5. The number of nitro benzene ring substituents is 1. The van der Waals surface area contributed by atoms with Crippen LogP contribution in [0.1, 0.15) is 21.7 Å². The summed E-state index contributed by atoms with van der Waals surface area (Å²) in [5.74, 6) is -0.389. The van der Waals surface area contributed by atoms with Crippen LogP contribution in [0, 0.1) is 24.0 Å². The van der Waals surface area contributed by atoms with Crippen LogP contribution in [0.3, 0.4) is 0 Å². The van der Waals surface area contributed by atoms with E-state index in [9.17, 15) is 14.9 Å². The fourth-order valence-electron chi connectivity index (χ4n) is 2.44. The van der Waals surface area contributed by atoms with Crippen LogP contribution in [0.2, 0.25) is 0 Å².